The van der Waals surface area contributed by atoms with Crippen LogP contribution in [0.5, 0.6) is 0 Å². The molecule has 1 rings (SSSR count). The Morgan fingerprint density at radius 2 is 2.41 bits per heavy atom. The second-order valence-electron chi connectivity index (χ2n) is 3.54. The summed E-state index contributed by atoms with van der Waals surface area (Å²) < 4.78 is 1.30. The van der Waals surface area contributed by atoms with E-state index >= 15 is 0 Å². The minimum atomic E-state index is -0.632. The van der Waals surface area contributed by atoms with Crippen molar-refractivity contribution < 1.29 is 4.79 Å². The molecular formula is C11H14ClN3O2. The Labute approximate surface area is 104 Å². The number of halogens is 1. The zero-order valence-electron chi connectivity index (χ0n) is 9.74. The van der Waals surface area contributed by atoms with Crippen molar-refractivity contribution in [1.29, 1.82) is 0 Å². The maximum absolute atomic E-state index is 11.7. The number of hydrogen-bond acceptors (Lipinski definition) is 3. The van der Waals surface area contributed by atoms with Gasteiger partial charge in [0.15, 0.2) is 0 Å². The van der Waals surface area contributed by atoms with Crippen molar-refractivity contribution in [2.75, 3.05) is 6.54 Å². The second-order valence-corrected chi connectivity index (χ2v) is 3.93. The van der Waals surface area contributed by atoms with E-state index in [2.05, 4.69) is 16.9 Å². The van der Waals surface area contributed by atoms with Crippen molar-refractivity contribution in [2.24, 2.45) is 0 Å². The van der Waals surface area contributed by atoms with Gasteiger partial charge < -0.3 is 5.32 Å². The molecule has 1 amide bonds. The first-order valence-corrected chi connectivity index (χ1v) is 5.49. The summed E-state index contributed by atoms with van der Waals surface area (Å²) in [4.78, 5) is 27.4. The van der Waals surface area contributed by atoms with E-state index in [1.807, 2.05) is 0 Å². The quantitative estimate of drug-likeness (QED) is 0.647. The minimum Gasteiger partial charge on any atom is -0.351 e. The summed E-state index contributed by atoms with van der Waals surface area (Å²) in [5.41, 5.74) is -0.344. The van der Waals surface area contributed by atoms with E-state index < -0.39 is 6.04 Å². The minimum absolute atomic E-state index is 0.127. The maximum atomic E-state index is 11.7. The number of aromatic nitrogens is 2. The second kappa shape index (κ2) is 5.63. The van der Waals surface area contributed by atoms with Crippen LogP contribution < -0.4 is 10.9 Å². The van der Waals surface area contributed by atoms with Gasteiger partial charge in [-0.25, -0.2) is 4.98 Å². The van der Waals surface area contributed by atoms with Crippen molar-refractivity contribution >= 4 is 17.5 Å². The van der Waals surface area contributed by atoms with Gasteiger partial charge in [0, 0.05) is 12.6 Å². The zero-order chi connectivity index (χ0) is 13.0. The summed E-state index contributed by atoms with van der Waals surface area (Å²) in [6.07, 6.45) is 1.57. The molecule has 5 nitrogen and oxygen atoms in total. The van der Waals surface area contributed by atoms with Gasteiger partial charge in [0.25, 0.3) is 5.56 Å². The fraction of sp³-hybridized carbons (Fsp3) is 0.364. The monoisotopic (exact) mass is 255 g/mol. The average Bonchev–Trinajstić information content (AvgIpc) is 2.24. The number of hydrogen-bond donors (Lipinski definition) is 1. The SMILES string of the molecule is C=CCNC(=O)C(C)n1c(C)nc(Cl)cc1=O. The summed E-state index contributed by atoms with van der Waals surface area (Å²) in [5.74, 6) is 0.142. The van der Waals surface area contributed by atoms with Crippen LogP contribution in [0.2, 0.25) is 5.15 Å². The summed E-state index contributed by atoms with van der Waals surface area (Å²) in [7, 11) is 0. The van der Waals surface area contributed by atoms with Gasteiger partial charge in [0.05, 0.1) is 0 Å². The lowest BCUT2D eigenvalue weighted by molar-refractivity contribution is -0.123. The predicted octanol–water partition coefficient (Wildman–Crippen LogP) is 1.07. The maximum Gasteiger partial charge on any atom is 0.255 e. The van der Waals surface area contributed by atoms with E-state index in [4.69, 9.17) is 11.6 Å². The normalized spacial score (nSPS) is 11.9. The standard InChI is InChI=1S/C11H14ClN3O2/c1-4-5-13-11(17)7(2)15-8(3)14-9(12)6-10(15)16/h4,6-7H,1,5H2,2-3H3,(H,13,17). The number of nitrogens with zero attached hydrogens (tertiary/aromatic N) is 2. The lowest BCUT2D eigenvalue weighted by Crippen LogP contribution is -2.37. The van der Waals surface area contributed by atoms with Gasteiger partial charge >= 0.3 is 0 Å². The highest BCUT2D eigenvalue weighted by atomic mass is 35.5. The Morgan fingerprint density at radius 3 is 2.94 bits per heavy atom. The molecule has 0 aliphatic rings. The van der Waals surface area contributed by atoms with E-state index in [0.29, 0.717) is 12.4 Å². The van der Waals surface area contributed by atoms with E-state index in [1.54, 1.807) is 19.9 Å². The molecule has 1 heterocycles. The van der Waals surface area contributed by atoms with Crippen LogP contribution in [0.3, 0.4) is 0 Å². The summed E-state index contributed by atoms with van der Waals surface area (Å²) in [6.45, 7) is 7.11. The predicted molar refractivity (Wildman–Crippen MR) is 66.2 cm³/mol. The van der Waals surface area contributed by atoms with Gasteiger partial charge in [-0.1, -0.05) is 17.7 Å². The van der Waals surface area contributed by atoms with Crippen LogP contribution in [0.4, 0.5) is 0 Å². The number of amides is 1. The number of aryl methyl sites for hydroxylation is 1. The molecule has 1 unspecified atom stereocenters. The van der Waals surface area contributed by atoms with Gasteiger partial charge in [-0.3, -0.25) is 14.2 Å². The molecule has 0 saturated carbocycles. The lowest BCUT2D eigenvalue weighted by Gasteiger charge is -2.16. The molecule has 17 heavy (non-hydrogen) atoms. The lowest BCUT2D eigenvalue weighted by atomic mass is 10.3. The summed E-state index contributed by atoms with van der Waals surface area (Å²) >= 11 is 5.65. The van der Waals surface area contributed by atoms with Crippen LogP contribution in [-0.4, -0.2) is 22.0 Å². The molecule has 0 aliphatic heterocycles. The third-order valence-corrected chi connectivity index (χ3v) is 2.48. The Balaban J connectivity index is 3.04. The smallest absolute Gasteiger partial charge is 0.255 e. The van der Waals surface area contributed by atoms with Crippen molar-refractivity contribution in [2.45, 2.75) is 19.9 Å². The Bertz CT molecular complexity index is 496. The molecule has 0 aliphatic carbocycles. The highest BCUT2D eigenvalue weighted by Crippen LogP contribution is 2.08. The average molecular weight is 256 g/mol. The van der Waals surface area contributed by atoms with Crippen molar-refractivity contribution in [3.05, 3.63) is 40.1 Å². The number of carbonyl (C=O) groups excluding carboxylic acids is 1. The largest absolute Gasteiger partial charge is 0.351 e. The zero-order valence-corrected chi connectivity index (χ0v) is 10.5. The molecule has 6 heteroatoms. The number of nitrogens with one attached hydrogen (secondary N) is 1. The van der Waals surface area contributed by atoms with Crippen LogP contribution in [0.1, 0.15) is 18.8 Å². The highest BCUT2D eigenvalue weighted by molar-refractivity contribution is 6.29. The third-order valence-electron chi connectivity index (χ3n) is 2.28. The van der Waals surface area contributed by atoms with Gasteiger partial charge in [0.1, 0.15) is 17.0 Å². The molecule has 0 saturated heterocycles. The van der Waals surface area contributed by atoms with Crippen molar-refractivity contribution in [3.63, 3.8) is 0 Å². The van der Waals surface area contributed by atoms with Crippen LogP contribution in [0, 0.1) is 6.92 Å². The molecule has 0 spiro atoms. The van der Waals surface area contributed by atoms with E-state index in [-0.39, 0.29) is 16.6 Å². The third kappa shape index (κ3) is 3.17. The molecule has 1 N–H and O–H groups in total. The topological polar surface area (TPSA) is 64.0 Å². The van der Waals surface area contributed by atoms with Crippen LogP contribution in [0.15, 0.2) is 23.5 Å². The Kier molecular flexibility index (Phi) is 4.45. The van der Waals surface area contributed by atoms with Gasteiger partial charge in [-0.05, 0) is 13.8 Å². The summed E-state index contributed by atoms with van der Waals surface area (Å²) in [6, 6.07) is 0.554. The fourth-order valence-electron chi connectivity index (χ4n) is 1.48. The first-order valence-electron chi connectivity index (χ1n) is 5.11. The van der Waals surface area contributed by atoms with E-state index in [0.717, 1.165) is 0 Å². The van der Waals surface area contributed by atoms with Crippen LogP contribution in [0.25, 0.3) is 0 Å². The molecular weight excluding hydrogens is 242 g/mol. The van der Waals surface area contributed by atoms with Gasteiger partial charge in [0.2, 0.25) is 5.91 Å². The number of carbonyl (C=O) groups is 1. The fourth-order valence-corrected chi connectivity index (χ4v) is 1.70. The molecule has 0 fully saturated rings. The van der Waals surface area contributed by atoms with Gasteiger partial charge in [-0.2, -0.15) is 0 Å². The van der Waals surface area contributed by atoms with Crippen molar-refractivity contribution in [3.8, 4) is 0 Å². The van der Waals surface area contributed by atoms with Crippen LogP contribution >= 0.6 is 11.6 Å². The first-order chi connectivity index (χ1) is 7.97. The molecule has 0 bridgehead atoms. The van der Waals surface area contributed by atoms with Gasteiger partial charge in [-0.15, -0.1) is 6.58 Å². The molecule has 1 aromatic heterocycles. The summed E-state index contributed by atoms with van der Waals surface area (Å²) in [5, 5.41) is 2.75. The Hall–Kier alpha value is -1.62. The molecule has 1 aromatic rings. The molecule has 92 valence electrons. The van der Waals surface area contributed by atoms with E-state index in [1.165, 1.54) is 10.6 Å². The van der Waals surface area contributed by atoms with Crippen molar-refractivity contribution in [1.82, 2.24) is 14.9 Å². The first kappa shape index (κ1) is 13.4. The highest BCUT2D eigenvalue weighted by Gasteiger charge is 2.17. The Morgan fingerprint density at radius 1 is 1.76 bits per heavy atom. The molecule has 1 atom stereocenters. The van der Waals surface area contributed by atoms with E-state index in [9.17, 15) is 9.59 Å². The molecule has 0 radical (unpaired) electrons. The number of rotatable bonds is 4. The van der Waals surface area contributed by atoms with Crippen LogP contribution in [-0.2, 0) is 4.79 Å². The molecule has 0 aromatic carbocycles.